The lowest BCUT2D eigenvalue weighted by Gasteiger charge is -2.33. The van der Waals surface area contributed by atoms with Gasteiger partial charge >= 0.3 is 0 Å². The molecule has 21 heavy (non-hydrogen) atoms. The minimum absolute atomic E-state index is 0.0960. The molecule has 1 atom stereocenters. The summed E-state index contributed by atoms with van der Waals surface area (Å²) in [4.78, 5) is 22.5. The molecule has 0 radical (unpaired) electrons. The average molecular weight is 286 g/mol. The van der Waals surface area contributed by atoms with Crippen molar-refractivity contribution in [3.63, 3.8) is 0 Å². The van der Waals surface area contributed by atoms with E-state index in [-0.39, 0.29) is 17.7 Å². The Morgan fingerprint density at radius 2 is 2.38 bits per heavy atom. The standard InChI is InChI=1S/C15H18N4O2/c1-11-4-2-6-14(17-11)19-7-3-5-12(9-19)18-15(20)13-8-16-10-21-13/h2,4,6,8,10,12H,3,5,7,9H2,1H3,(H,18,20). The molecule has 1 aliphatic heterocycles. The van der Waals surface area contributed by atoms with Gasteiger partial charge in [0.25, 0.3) is 5.91 Å². The monoisotopic (exact) mass is 286 g/mol. The summed E-state index contributed by atoms with van der Waals surface area (Å²) < 4.78 is 5.01. The van der Waals surface area contributed by atoms with E-state index >= 15 is 0 Å². The molecule has 1 N–H and O–H groups in total. The van der Waals surface area contributed by atoms with E-state index < -0.39 is 0 Å². The van der Waals surface area contributed by atoms with E-state index in [2.05, 4.69) is 20.2 Å². The molecule has 0 aromatic carbocycles. The van der Waals surface area contributed by atoms with Crippen molar-refractivity contribution in [2.45, 2.75) is 25.8 Å². The van der Waals surface area contributed by atoms with Crippen molar-refractivity contribution >= 4 is 11.7 Å². The van der Waals surface area contributed by atoms with Crippen molar-refractivity contribution in [2.75, 3.05) is 18.0 Å². The smallest absolute Gasteiger partial charge is 0.288 e. The molecule has 1 aliphatic rings. The van der Waals surface area contributed by atoms with E-state index in [9.17, 15) is 4.79 Å². The molecular formula is C15H18N4O2. The second kappa shape index (κ2) is 5.95. The fourth-order valence-corrected chi connectivity index (χ4v) is 2.59. The SMILES string of the molecule is Cc1cccc(N2CCCC(NC(=O)c3cnco3)C2)n1. The van der Waals surface area contributed by atoms with Crippen molar-refractivity contribution in [1.29, 1.82) is 0 Å². The first kappa shape index (κ1) is 13.6. The van der Waals surface area contributed by atoms with E-state index in [1.165, 1.54) is 12.6 Å². The summed E-state index contributed by atoms with van der Waals surface area (Å²) in [6.07, 6.45) is 4.68. The number of hydrogen-bond acceptors (Lipinski definition) is 5. The van der Waals surface area contributed by atoms with E-state index in [0.29, 0.717) is 0 Å². The van der Waals surface area contributed by atoms with Crippen molar-refractivity contribution < 1.29 is 9.21 Å². The highest BCUT2D eigenvalue weighted by atomic mass is 16.3. The van der Waals surface area contributed by atoms with Gasteiger partial charge in [-0.1, -0.05) is 6.07 Å². The molecule has 0 saturated carbocycles. The van der Waals surface area contributed by atoms with Crippen LogP contribution in [0.5, 0.6) is 0 Å². The maximum atomic E-state index is 12.0. The molecule has 2 aromatic rings. The zero-order valence-corrected chi connectivity index (χ0v) is 12.0. The predicted octanol–water partition coefficient (Wildman–Crippen LogP) is 1.78. The Kier molecular flexibility index (Phi) is 3.85. The summed E-state index contributed by atoms with van der Waals surface area (Å²) in [5, 5.41) is 2.99. The van der Waals surface area contributed by atoms with Crippen molar-refractivity contribution in [1.82, 2.24) is 15.3 Å². The molecule has 2 aromatic heterocycles. The van der Waals surface area contributed by atoms with Gasteiger partial charge in [0.1, 0.15) is 5.82 Å². The third kappa shape index (κ3) is 3.21. The summed E-state index contributed by atoms with van der Waals surface area (Å²) >= 11 is 0. The molecule has 3 heterocycles. The number of oxazole rings is 1. The minimum Gasteiger partial charge on any atom is -0.438 e. The second-order valence-corrected chi connectivity index (χ2v) is 5.26. The number of aryl methyl sites for hydroxylation is 1. The molecule has 0 spiro atoms. The van der Waals surface area contributed by atoms with Crippen LogP contribution in [-0.2, 0) is 0 Å². The van der Waals surface area contributed by atoms with E-state index in [1.807, 2.05) is 25.1 Å². The fraction of sp³-hybridized carbons (Fsp3) is 0.400. The summed E-state index contributed by atoms with van der Waals surface area (Å²) in [7, 11) is 0. The van der Waals surface area contributed by atoms with Crippen molar-refractivity contribution in [2.24, 2.45) is 0 Å². The molecule has 0 aliphatic carbocycles. The normalized spacial score (nSPS) is 18.5. The van der Waals surface area contributed by atoms with Crippen LogP contribution in [-0.4, -0.2) is 35.0 Å². The quantitative estimate of drug-likeness (QED) is 0.931. The second-order valence-electron chi connectivity index (χ2n) is 5.26. The zero-order valence-electron chi connectivity index (χ0n) is 12.0. The van der Waals surface area contributed by atoms with Crippen LogP contribution < -0.4 is 10.2 Å². The topological polar surface area (TPSA) is 71.3 Å². The number of amides is 1. The molecule has 3 rings (SSSR count). The molecule has 1 fully saturated rings. The lowest BCUT2D eigenvalue weighted by atomic mass is 10.1. The molecule has 1 saturated heterocycles. The largest absolute Gasteiger partial charge is 0.438 e. The number of hydrogen-bond donors (Lipinski definition) is 1. The molecule has 6 nitrogen and oxygen atoms in total. The van der Waals surface area contributed by atoms with Gasteiger partial charge in [0.05, 0.1) is 6.20 Å². The third-order valence-corrected chi connectivity index (χ3v) is 3.61. The molecule has 0 bridgehead atoms. The third-order valence-electron chi connectivity index (χ3n) is 3.61. The van der Waals surface area contributed by atoms with Crippen LogP contribution in [0.25, 0.3) is 0 Å². The van der Waals surface area contributed by atoms with Crippen LogP contribution in [0.4, 0.5) is 5.82 Å². The Balaban J connectivity index is 1.64. The lowest BCUT2D eigenvalue weighted by Crippen LogP contribution is -2.48. The molecular weight excluding hydrogens is 268 g/mol. The van der Waals surface area contributed by atoms with Gasteiger partial charge in [0, 0.05) is 24.8 Å². The number of pyridine rings is 1. The summed E-state index contributed by atoms with van der Waals surface area (Å²) in [6, 6.07) is 6.09. The van der Waals surface area contributed by atoms with Gasteiger partial charge in [0.2, 0.25) is 5.76 Å². The first-order valence-corrected chi connectivity index (χ1v) is 7.10. The average Bonchev–Trinajstić information content (AvgIpc) is 3.02. The Morgan fingerprint density at radius 1 is 1.48 bits per heavy atom. The van der Waals surface area contributed by atoms with Gasteiger partial charge in [-0.15, -0.1) is 0 Å². The van der Waals surface area contributed by atoms with Gasteiger partial charge in [0.15, 0.2) is 6.39 Å². The highest BCUT2D eigenvalue weighted by Crippen LogP contribution is 2.18. The Morgan fingerprint density at radius 3 is 3.14 bits per heavy atom. The summed E-state index contributed by atoms with van der Waals surface area (Å²) in [5.74, 6) is 1.01. The number of anilines is 1. The summed E-state index contributed by atoms with van der Waals surface area (Å²) in [5.41, 5.74) is 1.00. The zero-order chi connectivity index (χ0) is 14.7. The number of piperidine rings is 1. The molecule has 1 unspecified atom stereocenters. The fourth-order valence-electron chi connectivity index (χ4n) is 2.59. The maximum Gasteiger partial charge on any atom is 0.288 e. The molecule has 110 valence electrons. The molecule has 1 amide bonds. The van der Waals surface area contributed by atoms with Crippen LogP contribution in [0, 0.1) is 6.92 Å². The number of nitrogens with one attached hydrogen (secondary N) is 1. The minimum atomic E-state index is -0.212. The molecule has 6 heteroatoms. The van der Waals surface area contributed by atoms with Crippen LogP contribution >= 0.6 is 0 Å². The summed E-state index contributed by atoms with van der Waals surface area (Å²) in [6.45, 7) is 3.71. The Bertz CT molecular complexity index is 612. The highest BCUT2D eigenvalue weighted by molar-refractivity contribution is 5.91. The van der Waals surface area contributed by atoms with Gasteiger partial charge in [-0.2, -0.15) is 0 Å². The Labute approximate surface area is 123 Å². The lowest BCUT2D eigenvalue weighted by molar-refractivity contribution is 0.0905. The van der Waals surface area contributed by atoms with E-state index in [4.69, 9.17) is 4.42 Å². The number of nitrogens with zero attached hydrogens (tertiary/aromatic N) is 3. The highest BCUT2D eigenvalue weighted by Gasteiger charge is 2.23. The van der Waals surface area contributed by atoms with Gasteiger partial charge in [-0.05, 0) is 31.9 Å². The first-order valence-electron chi connectivity index (χ1n) is 7.10. The van der Waals surface area contributed by atoms with Crippen LogP contribution in [0.3, 0.4) is 0 Å². The van der Waals surface area contributed by atoms with E-state index in [1.54, 1.807) is 0 Å². The van der Waals surface area contributed by atoms with Crippen molar-refractivity contribution in [3.8, 4) is 0 Å². The van der Waals surface area contributed by atoms with Gasteiger partial charge in [-0.25, -0.2) is 9.97 Å². The predicted molar refractivity (Wildman–Crippen MR) is 78.2 cm³/mol. The maximum absolute atomic E-state index is 12.0. The number of carbonyl (C=O) groups is 1. The number of aromatic nitrogens is 2. The van der Waals surface area contributed by atoms with Crippen molar-refractivity contribution in [3.05, 3.63) is 42.2 Å². The van der Waals surface area contributed by atoms with Crippen LogP contribution in [0.1, 0.15) is 29.1 Å². The Hall–Kier alpha value is -2.37. The number of rotatable bonds is 3. The van der Waals surface area contributed by atoms with Gasteiger partial charge in [-0.3, -0.25) is 4.79 Å². The van der Waals surface area contributed by atoms with E-state index in [0.717, 1.165) is 37.4 Å². The van der Waals surface area contributed by atoms with Gasteiger partial charge < -0.3 is 14.6 Å². The number of carbonyl (C=O) groups excluding carboxylic acids is 1. The first-order chi connectivity index (χ1) is 10.2. The van der Waals surface area contributed by atoms with Crippen LogP contribution in [0.15, 0.2) is 35.2 Å². The van der Waals surface area contributed by atoms with Crippen LogP contribution in [0.2, 0.25) is 0 Å².